The fraction of sp³-hybridized carbons (Fsp3) is 0.316. The van der Waals surface area contributed by atoms with Gasteiger partial charge in [0.2, 0.25) is 0 Å². The molecule has 2 atom stereocenters. The van der Waals surface area contributed by atoms with E-state index in [2.05, 4.69) is 5.32 Å². The van der Waals surface area contributed by atoms with Crippen molar-refractivity contribution in [1.82, 2.24) is 4.90 Å². The minimum atomic E-state index is -0.812. The smallest absolute Gasteiger partial charge is 0.322 e. The average molecular weight is 346 g/mol. The third-order valence-electron chi connectivity index (χ3n) is 4.51. The normalized spacial score (nSPS) is 18.2. The molecule has 0 radical (unpaired) electrons. The van der Waals surface area contributed by atoms with E-state index in [1.54, 1.807) is 0 Å². The number of aliphatic hydroxyl groups excluding tert-OH is 1. The first-order valence-corrected chi connectivity index (χ1v) is 8.31. The second kappa shape index (κ2) is 7.61. The Kier molecular flexibility index (Phi) is 5.28. The van der Waals surface area contributed by atoms with Crippen LogP contribution >= 0.6 is 0 Å². The van der Waals surface area contributed by atoms with Crippen LogP contribution in [-0.2, 0) is 0 Å². The number of urea groups is 1. The van der Waals surface area contributed by atoms with Crippen LogP contribution in [0.25, 0.3) is 0 Å². The molecule has 1 fully saturated rings. The molecule has 4 nitrogen and oxygen atoms in total. The minimum Gasteiger partial charge on any atom is -0.388 e. The molecule has 2 amide bonds. The molecule has 0 bridgehead atoms. The fourth-order valence-electron chi connectivity index (χ4n) is 3.21. The highest BCUT2D eigenvalue weighted by molar-refractivity contribution is 5.90. The summed E-state index contributed by atoms with van der Waals surface area (Å²) in [7, 11) is 0. The summed E-state index contributed by atoms with van der Waals surface area (Å²) in [5, 5.41) is 12.7. The van der Waals surface area contributed by atoms with E-state index in [0.717, 1.165) is 30.5 Å². The summed E-state index contributed by atoms with van der Waals surface area (Å²) >= 11 is 0. The molecule has 2 aromatic carbocycles. The molecule has 0 aromatic heterocycles. The van der Waals surface area contributed by atoms with Gasteiger partial charge in [-0.1, -0.05) is 36.4 Å². The number of hydrogen-bond acceptors (Lipinski definition) is 2. The van der Waals surface area contributed by atoms with Gasteiger partial charge >= 0.3 is 6.03 Å². The monoisotopic (exact) mass is 346 g/mol. The van der Waals surface area contributed by atoms with E-state index in [4.69, 9.17) is 0 Å². The summed E-state index contributed by atoms with van der Waals surface area (Å²) in [4.78, 5) is 14.0. The van der Waals surface area contributed by atoms with Gasteiger partial charge in [0.05, 0.1) is 6.10 Å². The molecular weight excluding hydrogens is 326 g/mol. The van der Waals surface area contributed by atoms with Gasteiger partial charge in [-0.15, -0.1) is 0 Å². The summed E-state index contributed by atoms with van der Waals surface area (Å²) in [5.41, 5.74) is 0.344. The lowest BCUT2D eigenvalue weighted by Gasteiger charge is -2.27. The van der Waals surface area contributed by atoms with Crippen LogP contribution in [0.1, 0.15) is 30.9 Å². The number of benzene rings is 2. The number of carbonyl (C=O) groups excluding carboxylic acids is 1. The van der Waals surface area contributed by atoms with Crippen molar-refractivity contribution in [2.45, 2.75) is 31.4 Å². The van der Waals surface area contributed by atoms with Crippen LogP contribution in [0.2, 0.25) is 0 Å². The Labute approximate surface area is 145 Å². The molecule has 25 heavy (non-hydrogen) atoms. The number of likely N-dealkylation sites (tertiary alicyclic amines) is 1. The van der Waals surface area contributed by atoms with Gasteiger partial charge in [-0.25, -0.2) is 13.6 Å². The molecule has 1 aliphatic heterocycles. The molecule has 132 valence electrons. The van der Waals surface area contributed by atoms with Crippen LogP contribution in [0.3, 0.4) is 0 Å². The first-order chi connectivity index (χ1) is 12.1. The average Bonchev–Trinajstić information content (AvgIpc) is 3.07. The van der Waals surface area contributed by atoms with Crippen LogP contribution in [0.15, 0.2) is 48.5 Å². The number of rotatable bonds is 4. The van der Waals surface area contributed by atoms with E-state index in [-0.39, 0.29) is 6.04 Å². The van der Waals surface area contributed by atoms with Crippen LogP contribution < -0.4 is 5.32 Å². The maximum absolute atomic E-state index is 13.7. The predicted octanol–water partition coefficient (Wildman–Crippen LogP) is 4.08. The maximum Gasteiger partial charge on any atom is 0.322 e. The third-order valence-corrected chi connectivity index (χ3v) is 4.51. The number of nitrogens with zero attached hydrogens (tertiary/aromatic N) is 1. The predicted molar refractivity (Wildman–Crippen MR) is 91.1 cm³/mol. The van der Waals surface area contributed by atoms with Gasteiger partial charge in [-0.3, -0.25) is 0 Å². The summed E-state index contributed by atoms with van der Waals surface area (Å²) in [5.74, 6) is -1.62. The van der Waals surface area contributed by atoms with E-state index in [9.17, 15) is 18.7 Å². The van der Waals surface area contributed by atoms with Gasteiger partial charge in [0.15, 0.2) is 0 Å². The van der Waals surface area contributed by atoms with Crippen molar-refractivity contribution in [2.75, 3.05) is 11.9 Å². The Balaban J connectivity index is 1.68. The quantitative estimate of drug-likeness (QED) is 0.876. The Morgan fingerprint density at radius 2 is 1.84 bits per heavy atom. The second-order valence-electron chi connectivity index (χ2n) is 6.18. The highest BCUT2D eigenvalue weighted by Gasteiger charge is 2.31. The first-order valence-electron chi connectivity index (χ1n) is 8.31. The molecule has 3 rings (SSSR count). The van der Waals surface area contributed by atoms with Crippen molar-refractivity contribution in [3.8, 4) is 0 Å². The first kappa shape index (κ1) is 17.4. The number of carbonyl (C=O) groups is 1. The molecule has 2 aromatic rings. The van der Waals surface area contributed by atoms with Crippen molar-refractivity contribution in [3.05, 3.63) is 65.7 Å². The van der Waals surface area contributed by atoms with Crippen LogP contribution in [0.5, 0.6) is 0 Å². The Morgan fingerprint density at radius 1 is 1.16 bits per heavy atom. The third kappa shape index (κ3) is 3.96. The number of halogens is 2. The van der Waals surface area contributed by atoms with Crippen molar-refractivity contribution in [2.24, 2.45) is 0 Å². The van der Waals surface area contributed by atoms with Gasteiger partial charge in [-0.2, -0.15) is 0 Å². The van der Waals surface area contributed by atoms with Gasteiger partial charge in [0, 0.05) is 12.6 Å². The van der Waals surface area contributed by atoms with Crippen LogP contribution in [0, 0.1) is 11.6 Å². The van der Waals surface area contributed by atoms with Gasteiger partial charge in [0.25, 0.3) is 0 Å². The largest absolute Gasteiger partial charge is 0.388 e. The lowest BCUT2D eigenvalue weighted by molar-refractivity contribution is 0.129. The molecule has 2 unspecified atom stereocenters. The van der Waals surface area contributed by atoms with Crippen molar-refractivity contribution in [3.63, 3.8) is 0 Å². The van der Waals surface area contributed by atoms with Gasteiger partial charge in [0.1, 0.15) is 17.3 Å². The highest BCUT2D eigenvalue weighted by atomic mass is 19.1. The number of para-hydroxylation sites is 1. The zero-order chi connectivity index (χ0) is 17.8. The zero-order valence-corrected chi connectivity index (χ0v) is 13.7. The lowest BCUT2D eigenvalue weighted by Crippen LogP contribution is -2.39. The molecule has 0 saturated carbocycles. The SMILES string of the molecule is O=C(Nc1c(F)cccc1F)N1CCCC1CC(O)c1ccccc1. The number of aliphatic hydroxyl groups is 1. The van der Waals surface area contributed by atoms with Crippen molar-refractivity contribution < 1.29 is 18.7 Å². The molecule has 1 saturated heterocycles. The summed E-state index contributed by atoms with van der Waals surface area (Å²) in [6, 6.07) is 11.9. The Hall–Kier alpha value is -2.47. The number of nitrogens with one attached hydrogen (secondary N) is 1. The van der Waals surface area contributed by atoms with Crippen molar-refractivity contribution >= 4 is 11.7 Å². The molecule has 0 aliphatic carbocycles. The van der Waals surface area contributed by atoms with Gasteiger partial charge in [-0.05, 0) is 37.0 Å². The molecule has 1 heterocycles. The Morgan fingerprint density at radius 3 is 2.52 bits per heavy atom. The maximum atomic E-state index is 13.7. The number of anilines is 1. The van der Waals surface area contributed by atoms with Gasteiger partial charge < -0.3 is 15.3 Å². The topological polar surface area (TPSA) is 52.6 Å². The summed E-state index contributed by atoms with van der Waals surface area (Å²) in [6.07, 6.45) is 1.23. The van der Waals surface area contributed by atoms with Crippen LogP contribution in [-0.4, -0.2) is 28.6 Å². The fourth-order valence-corrected chi connectivity index (χ4v) is 3.21. The van der Waals surface area contributed by atoms with E-state index in [0.29, 0.717) is 13.0 Å². The second-order valence-corrected chi connectivity index (χ2v) is 6.18. The molecule has 2 N–H and O–H groups in total. The molecular formula is C19H20F2N2O2. The molecule has 1 aliphatic rings. The summed E-state index contributed by atoms with van der Waals surface area (Å²) in [6.45, 7) is 0.494. The standard InChI is InChI=1S/C19H20F2N2O2/c20-15-9-4-10-16(21)18(15)22-19(25)23-11-5-8-14(23)12-17(24)13-6-2-1-3-7-13/h1-4,6-7,9-10,14,17,24H,5,8,11-12H2,(H,22,25). The van der Waals surface area contributed by atoms with Crippen molar-refractivity contribution in [1.29, 1.82) is 0 Å². The number of hydrogen-bond donors (Lipinski definition) is 2. The Bertz CT molecular complexity index is 719. The lowest BCUT2D eigenvalue weighted by atomic mass is 10.0. The molecule has 0 spiro atoms. The van der Waals surface area contributed by atoms with Crippen LogP contribution in [0.4, 0.5) is 19.3 Å². The zero-order valence-electron chi connectivity index (χ0n) is 13.7. The van der Waals surface area contributed by atoms with E-state index in [1.807, 2.05) is 30.3 Å². The van der Waals surface area contributed by atoms with E-state index < -0.39 is 29.5 Å². The molecule has 6 heteroatoms. The number of amides is 2. The summed E-state index contributed by atoms with van der Waals surface area (Å²) < 4.78 is 27.4. The van der Waals surface area contributed by atoms with E-state index in [1.165, 1.54) is 11.0 Å². The minimum absolute atomic E-state index is 0.176. The highest BCUT2D eigenvalue weighted by Crippen LogP contribution is 2.28. The van der Waals surface area contributed by atoms with E-state index >= 15 is 0 Å².